The van der Waals surface area contributed by atoms with Gasteiger partial charge in [-0.2, -0.15) is 4.99 Å². The summed E-state index contributed by atoms with van der Waals surface area (Å²) in [6, 6.07) is 18.5. The summed E-state index contributed by atoms with van der Waals surface area (Å²) in [4.78, 5) is 17.9. The average molecular weight is 452 g/mol. The summed E-state index contributed by atoms with van der Waals surface area (Å²) < 4.78 is 30.6. The van der Waals surface area contributed by atoms with Crippen LogP contribution >= 0.6 is 11.3 Å². The number of carbonyl (C=O) groups is 1. The molecule has 1 amide bonds. The van der Waals surface area contributed by atoms with Gasteiger partial charge in [-0.05, 0) is 61.4 Å². The molecule has 0 aliphatic carbocycles. The van der Waals surface area contributed by atoms with Gasteiger partial charge in [0.25, 0.3) is 15.9 Å². The average Bonchev–Trinajstić information content (AvgIpc) is 3.07. The summed E-state index contributed by atoms with van der Waals surface area (Å²) >= 11 is 1.45. The zero-order chi connectivity index (χ0) is 22.2. The molecule has 6 nitrogen and oxygen atoms in total. The Hall–Kier alpha value is -3.23. The maximum absolute atomic E-state index is 12.8. The number of hydrogen-bond acceptors (Lipinski definition) is 4. The van der Waals surface area contributed by atoms with Crippen molar-refractivity contribution in [2.75, 3.05) is 4.72 Å². The van der Waals surface area contributed by atoms with Crippen molar-refractivity contribution in [1.82, 2.24) is 4.57 Å². The standard InChI is InChI=1S/C23H21N3O3S2/c1-15-12-13-20-21(16(15)2)26(3)23(30-20)24-22(27)17-8-7-9-18(14-17)25-31(28,29)19-10-5-4-6-11-19/h4-14,25H,1-3H3. The molecule has 1 heterocycles. The molecular weight excluding hydrogens is 430 g/mol. The number of aryl methyl sites for hydroxylation is 3. The second kappa shape index (κ2) is 8.13. The van der Waals surface area contributed by atoms with Crippen LogP contribution in [0.5, 0.6) is 0 Å². The van der Waals surface area contributed by atoms with Crippen molar-refractivity contribution >= 4 is 43.2 Å². The van der Waals surface area contributed by atoms with E-state index in [1.165, 1.54) is 35.1 Å². The van der Waals surface area contributed by atoms with Crippen LogP contribution in [0.15, 0.2) is 76.6 Å². The summed E-state index contributed by atoms with van der Waals surface area (Å²) in [7, 11) is -1.85. The first-order valence-electron chi connectivity index (χ1n) is 9.59. The number of rotatable bonds is 4. The molecule has 4 aromatic rings. The van der Waals surface area contributed by atoms with Crippen LogP contribution in [-0.2, 0) is 17.1 Å². The highest BCUT2D eigenvalue weighted by Crippen LogP contribution is 2.23. The minimum atomic E-state index is -3.74. The quantitative estimate of drug-likeness (QED) is 0.499. The molecule has 0 aliphatic rings. The van der Waals surface area contributed by atoms with Crippen LogP contribution in [0.2, 0.25) is 0 Å². The van der Waals surface area contributed by atoms with Crippen molar-refractivity contribution in [3.8, 4) is 0 Å². The predicted molar refractivity (Wildman–Crippen MR) is 124 cm³/mol. The van der Waals surface area contributed by atoms with E-state index < -0.39 is 15.9 Å². The fraction of sp³-hybridized carbons (Fsp3) is 0.130. The highest BCUT2D eigenvalue weighted by Gasteiger charge is 2.15. The Balaban J connectivity index is 1.67. The van der Waals surface area contributed by atoms with Gasteiger partial charge in [-0.25, -0.2) is 8.42 Å². The van der Waals surface area contributed by atoms with E-state index >= 15 is 0 Å². The lowest BCUT2D eigenvalue weighted by molar-refractivity contribution is 0.0998. The van der Waals surface area contributed by atoms with E-state index in [1.54, 1.807) is 36.4 Å². The van der Waals surface area contributed by atoms with Gasteiger partial charge in [0.15, 0.2) is 4.80 Å². The number of carbonyl (C=O) groups excluding carboxylic acids is 1. The zero-order valence-electron chi connectivity index (χ0n) is 17.3. The summed E-state index contributed by atoms with van der Waals surface area (Å²) in [5.74, 6) is -0.433. The van der Waals surface area contributed by atoms with E-state index in [0.29, 0.717) is 16.1 Å². The first-order valence-corrected chi connectivity index (χ1v) is 11.9. The fourth-order valence-corrected chi connectivity index (χ4v) is 5.46. The van der Waals surface area contributed by atoms with Gasteiger partial charge in [-0.15, -0.1) is 0 Å². The maximum atomic E-state index is 12.8. The molecule has 0 unspecified atom stereocenters. The molecule has 0 radical (unpaired) electrons. The zero-order valence-corrected chi connectivity index (χ0v) is 18.9. The van der Waals surface area contributed by atoms with E-state index in [1.807, 2.05) is 17.7 Å². The Bertz CT molecular complexity index is 1470. The summed E-state index contributed by atoms with van der Waals surface area (Å²) in [5.41, 5.74) is 4.00. The molecule has 8 heteroatoms. The van der Waals surface area contributed by atoms with Crippen LogP contribution in [0.1, 0.15) is 21.5 Å². The molecule has 0 aliphatic heterocycles. The predicted octanol–water partition coefficient (Wildman–Crippen LogP) is 4.40. The third kappa shape index (κ3) is 4.17. The minimum absolute atomic E-state index is 0.152. The molecular formula is C23H21N3O3S2. The van der Waals surface area contributed by atoms with Crippen molar-refractivity contribution in [3.63, 3.8) is 0 Å². The van der Waals surface area contributed by atoms with Gasteiger partial charge in [-0.1, -0.05) is 41.7 Å². The number of benzene rings is 3. The van der Waals surface area contributed by atoms with Crippen LogP contribution in [0.25, 0.3) is 10.2 Å². The summed E-state index contributed by atoms with van der Waals surface area (Å²) in [5, 5.41) is 0. The molecule has 0 atom stereocenters. The van der Waals surface area contributed by atoms with Crippen molar-refractivity contribution in [1.29, 1.82) is 0 Å². The number of sulfonamides is 1. The SMILES string of the molecule is Cc1ccc2sc(=NC(=O)c3cccc(NS(=O)(=O)c4ccccc4)c3)n(C)c2c1C. The van der Waals surface area contributed by atoms with Gasteiger partial charge in [0.05, 0.1) is 15.1 Å². The number of aromatic nitrogens is 1. The molecule has 1 aromatic heterocycles. The van der Waals surface area contributed by atoms with Gasteiger partial charge in [-0.3, -0.25) is 9.52 Å². The normalized spacial score (nSPS) is 12.3. The Kier molecular flexibility index (Phi) is 5.51. The smallest absolute Gasteiger partial charge is 0.279 e. The third-order valence-electron chi connectivity index (χ3n) is 5.10. The monoisotopic (exact) mass is 451 g/mol. The van der Waals surface area contributed by atoms with Gasteiger partial charge in [0.1, 0.15) is 0 Å². The molecule has 31 heavy (non-hydrogen) atoms. The number of fused-ring (bicyclic) bond motifs is 1. The molecule has 0 spiro atoms. The molecule has 4 rings (SSSR count). The molecule has 0 saturated carbocycles. The Morgan fingerprint density at radius 2 is 1.74 bits per heavy atom. The van der Waals surface area contributed by atoms with Crippen LogP contribution in [-0.4, -0.2) is 18.9 Å². The van der Waals surface area contributed by atoms with Crippen molar-refractivity contribution in [2.45, 2.75) is 18.7 Å². The maximum Gasteiger partial charge on any atom is 0.279 e. The largest absolute Gasteiger partial charge is 0.319 e. The summed E-state index contributed by atoms with van der Waals surface area (Å²) in [6.45, 7) is 4.11. The second-order valence-corrected chi connectivity index (χ2v) is 9.91. The van der Waals surface area contributed by atoms with Gasteiger partial charge in [0.2, 0.25) is 0 Å². The number of nitrogens with zero attached hydrogens (tertiary/aromatic N) is 2. The summed E-state index contributed by atoms with van der Waals surface area (Å²) in [6.07, 6.45) is 0. The second-order valence-electron chi connectivity index (χ2n) is 7.21. The number of nitrogens with one attached hydrogen (secondary N) is 1. The molecule has 1 N–H and O–H groups in total. The van der Waals surface area contributed by atoms with Crippen LogP contribution in [0.4, 0.5) is 5.69 Å². The van der Waals surface area contributed by atoms with E-state index in [2.05, 4.69) is 29.6 Å². The molecule has 0 bridgehead atoms. The highest BCUT2D eigenvalue weighted by molar-refractivity contribution is 7.92. The van der Waals surface area contributed by atoms with Gasteiger partial charge >= 0.3 is 0 Å². The lowest BCUT2D eigenvalue weighted by Crippen LogP contribution is -2.15. The number of hydrogen-bond donors (Lipinski definition) is 1. The molecule has 3 aromatic carbocycles. The van der Waals surface area contributed by atoms with E-state index in [9.17, 15) is 13.2 Å². The van der Waals surface area contributed by atoms with Crippen molar-refractivity contribution < 1.29 is 13.2 Å². The number of amides is 1. The number of thiazole rings is 1. The topological polar surface area (TPSA) is 80.5 Å². The van der Waals surface area contributed by atoms with E-state index in [-0.39, 0.29) is 4.90 Å². The minimum Gasteiger partial charge on any atom is -0.319 e. The number of anilines is 1. The Morgan fingerprint density at radius 1 is 1.00 bits per heavy atom. The molecule has 158 valence electrons. The highest BCUT2D eigenvalue weighted by atomic mass is 32.2. The van der Waals surface area contributed by atoms with Crippen LogP contribution in [0.3, 0.4) is 0 Å². The van der Waals surface area contributed by atoms with Crippen LogP contribution < -0.4 is 9.52 Å². The van der Waals surface area contributed by atoms with Crippen LogP contribution in [0, 0.1) is 13.8 Å². The van der Waals surface area contributed by atoms with Crippen molar-refractivity contribution in [3.05, 3.63) is 88.2 Å². The van der Waals surface area contributed by atoms with E-state index in [4.69, 9.17) is 0 Å². The van der Waals surface area contributed by atoms with E-state index in [0.717, 1.165) is 15.8 Å². The Labute approximate surface area is 184 Å². The van der Waals surface area contributed by atoms with Crippen molar-refractivity contribution in [2.24, 2.45) is 12.0 Å². The van der Waals surface area contributed by atoms with Gasteiger partial charge in [0, 0.05) is 18.3 Å². The lowest BCUT2D eigenvalue weighted by atomic mass is 10.1. The molecule has 0 saturated heterocycles. The fourth-order valence-electron chi connectivity index (χ4n) is 3.32. The third-order valence-corrected chi connectivity index (χ3v) is 7.60. The lowest BCUT2D eigenvalue weighted by Gasteiger charge is -2.08. The Morgan fingerprint density at radius 3 is 2.48 bits per heavy atom. The first kappa shape index (κ1) is 21.0. The molecule has 0 fully saturated rings. The first-order chi connectivity index (χ1) is 14.8. The van der Waals surface area contributed by atoms with Gasteiger partial charge < -0.3 is 4.57 Å².